The highest BCUT2D eigenvalue weighted by molar-refractivity contribution is 6.01. The summed E-state index contributed by atoms with van der Waals surface area (Å²) in [5, 5.41) is 12.1. The minimum Gasteiger partial charge on any atom is -0.459 e. The molecule has 1 N–H and O–H groups in total. The van der Waals surface area contributed by atoms with Crippen molar-refractivity contribution in [1.29, 1.82) is 5.26 Å². The van der Waals surface area contributed by atoms with Crippen molar-refractivity contribution in [2.45, 2.75) is 31.8 Å². The van der Waals surface area contributed by atoms with Crippen molar-refractivity contribution in [2.75, 3.05) is 22.9 Å². The van der Waals surface area contributed by atoms with Gasteiger partial charge in [-0.2, -0.15) is 5.26 Å². The molecule has 166 valence electrons. The number of carbonyl (C=O) groups excluding carboxylic acids is 2. The quantitative estimate of drug-likeness (QED) is 0.654. The van der Waals surface area contributed by atoms with E-state index in [0.717, 1.165) is 42.9 Å². The second-order valence-electron chi connectivity index (χ2n) is 8.45. The molecule has 0 bridgehead atoms. The predicted octanol–water partition coefficient (Wildman–Crippen LogP) is 3.64. The molecule has 2 aliphatic rings. The molecule has 0 spiro atoms. The van der Waals surface area contributed by atoms with Crippen molar-refractivity contribution < 1.29 is 14.0 Å². The molecular formula is C26H24N4O3. The van der Waals surface area contributed by atoms with Gasteiger partial charge in [0, 0.05) is 36.1 Å². The molecule has 5 rings (SSSR count). The van der Waals surface area contributed by atoms with E-state index in [2.05, 4.69) is 16.3 Å². The van der Waals surface area contributed by atoms with Crippen LogP contribution >= 0.6 is 0 Å². The van der Waals surface area contributed by atoms with Crippen molar-refractivity contribution in [3.05, 3.63) is 83.3 Å². The molecular weight excluding hydrogens is 416 g/mol. The number of rotatable bonds is 5. The zero-order valence-electron chi connectivity index (χ0n) is 18.2. The highest BCUT2D eigenvalue weighted by Gasteiger charge is 2.29. The number of benzene rings is 2. The predicted molar refractivity (Wildman–Crippen MR) is 124 cm³/mol. The largest absolute Gasteiger partial charge is 0.459 e. The van der Waals surface area contributed by atoms with Gasteiger partial charge in [-0.3, -0.25) is 9.59 Å². The van der Waals surface area contributed by atoms with Gasteiger partial charge in [-0.1, -0.05) is 18.2 Å². The lowest BCUT2D eigenvalue weighted by Crippen LogP contribution is -2.44. The number of carbonyl (C=O) groups is 2. The normalized spacial score (nSPS) is 15.9. The molecule has 0 atom stereocenters. The van der Waals surface area contributed by atoms with Crippen LogP contribution in [0.1, 0.15) is 40.1 Å². The van der Waals surface area contributed by atoms with Gasteiger partial charge in [0.15, 0.2) is 5.76 Å². The molecule has 7 nitrogen and oxygen atoms in total. The van der Waals surface area contributed by atoms with Gasteiger partial charge in [-0.25, -0.2) is 0 Å². The summed E-state index contributed by atoms with van der Waals surface area (Å²) in [6.45, 7) is 1.95. The number of nitrogens with zero attached hydrogens (tertiary/aromatic N) is 3. The molecule has 33 heavy (non-hydrogen) atoms. The summed E-state index contributed by atoms with van der Waals surface area (Å²) in [5.74, 6) is 0.0485. The fourth-order valence-corrected chi connectivity index (χ4v) is 4.60. The molecule has 0 aliphatic carbocycles. The molecule has 7 heteroatoms. The van der Waals surface area contributed by atoms with E-state index in [1.54, 1.807) is 11.0 Å². The van der Waals surface area contributed by atoms with Crippen molar-refractivity contribution >= 4 is 23.2 Å². The second kappa shape index (κ2) is 8.83. The lowest BCUT2D eigenvalue weighted by molar-refractivity contribution is -0.117. The minimum absolute atomic E-state index is 0.0268. The summed E-state index contributed by atoms with van der Waals surface area (Å²) in [5.41, 5.74) is 4.33. The number of amides is 2. The van der Waals surface area contributed by atoms with Gasteiger partial charge in [0.05, 0.1) is 30.9 Å². The molecule has 3 heterocycles. The maximum absolute atomic E-state index is 13.0. The summed E-state index contributed by atoms with van der Waals surface area (Å²) in [7, 11) is 0. The number of anilines is 2. The Morgan fingerprint density at radius 3 is 2.61 bits per heavy atom. The summed E-state index contributed by atoms with van der Waals surface area (Å²) in [6, 6.07) is 19.3. The average molecular weight is 441 g/mol. The Kier molecular flexibility index (Phi) is 5.57. The Morgan fingerprint density at radius 1 is 1.09 bits per heavy atom. The first kappa shape index (κ1) is 20.8. The van der Waals surface area contributed by atoms with E-state index in [9.17, 15) is 9.59 Å². The number of nitrogens with one attached hydrogen (secondary N) is 1. The average Bonchev–Trinajstić information content (AvgIpc) is 3.44. The van der Waals surface area contributed by atoms with Crippen LogP contribution in [0, 0.1) is 11.3 Å². The van der Waals surface area contributed by atoms with Gasteiger partial charge in [-0.05, 0) is 54.8 Å². The minimum atomic E-state index is -0.244. The fraction of sp³-hybridized carbons (Fsp3) is 0.269. The topological polar surface area (TPSA) is 89.6 Å². The van der Waals surface area contributed by atoms with Crippen LogP contribution in [0.15, 0.2) is 65.3 Å². The summed E-state index contributed by atoms with van der Waals surface area (Å²) < 4.78 is 5.53. The van der Waals surface area contributed by atoms with Gasteiger partial charge < -0.3 is 19.5 Å². The summed E-state index contributed by atoms with van der Waals surface area (Å²) >= 11 is 0. The van der Waals surface area contributed by atoms with Crippen LogP contribution in [-0.2, 0) is 17.8 Å². The maximum Gasteiger partial charge on any atom is 0.287 e. The molecule has 1 aromatic heterocycles. The standard InChI is InChI=1S/C26H24N4O3/c27-16-18-5-7-22(8-6-18)29-12-9-21(10-13-29)28-26(32)25-20(11-14-33-25)17-30-23-4-2-1-3-19(23)15-24(30)31/h1-8,11,14,21H,9-10,12-13,15,17H2,(H,28,32). The number of para-hydroxylation sites is 1. The lowest BCUT2D eigenvalue weighted by Gasteiger charge is -2.34. The molecule has 3 aromatic rings. The van der Waals surface area contributed by atoms with E-state index < -0.39 is 0 Å². The molecule has 2 aliphatic heterocycles. The number of fused-ring (bicyclic) bond motifs is 1. The lowest BCUT2D eigenvalue weighted by atomic mass is 10.0. The zero-order chi connectivity index (χ0) is 22.8. The van der Waals surface area contributed by atoms with Crippen LogP contribution in [-0.4, -0.2) is 30.9 Å². The first-order valence-corrected chi connectivity index (χ1v) is 11.1. The third-order valence-electron chi connectivity index (χ3n) is 6.40. The fourth-order valence-electron chi connectivity index (χ4n) is 4.60. The third-order valence-corrected chi connectivity index (χ3v) is 6.40. The second-order valence-corrected chi connectivity index (χ2v) is 8.45. The molecule has 0 saturated carbocycles. The monoisotopic (exact) mass is 440 g/mol. The van der Waals surface area contributed by atoms with E-state index in [4.69, 9.17) is 9.68 Å². The third kappa shape index (κ3) is 4.20. The number of nitriles is 1. The Labute approximate surface area is 192 Å². The van der Waals surface area contributed by atoms with Crippen LogP contribution in [0.3, 0.4) is 0 Å². The first-order valence-electron chi connectivity index (χ1n) is 11.1. The van der Waals surface area contributed by atoms with E-state index in [1.807, 2.05) is 48.5 Å². The van der Waals surface area contributed by atoms with Gasteiger partial charge in [0.1, 0.15) is 0 Å². The molecule has 0 radical (unpaired) electrons. The van der Waals surface area contributed by atoms with Crippen molar-refractivity contribution in [3.63, 3.8) is 0 Å². The van der Waals surface area contributed by atoms with Crippen LogP contribution in [0.4, 0.5) is 11.4 Å². The van der Waals surface area contributed by atoms with Crippen LogP contribution < -0.4 is 15.1 Å². The molecule has 2 amide bonds. The Balaban J connectivity index is 1.20. The van der Waals surface area contributed by atoms with E-state index in [-0.39, 0.29) is 23.6 Å². The Hall–Kier alpha value is -4.05. The van der Waals surface area contributed by atoms with Gasteiger partial charge in [-0.15, -0.1) is 0 Å². The van der Waals surface area contributed by atoms with Crippen molar-refractivity contribution in [3.8, 4) is 6.07 Å². The van der Waals surface area contributed by atoms with E-state index in [1.165, 1.54) is 6.26 Å². The van der Waals surface area contributed by atoms with Crippen molar-refractivity contribution in [2.24, 2.45) is 0 Å². The smallest absolute Gasteiger partial charge is 0.287 e. The van der Waals surface area contributed by atoms with Gasteiger partial charge in [0.2, 0.25) is 5.91 Å². The Bertz CT molecular complexity index is 1220. The Morgan fingerprint density at radius 2 is 1.85 bits per heavy atom. The highest BCUT2D eigenvalue weighted by Crippen LogP contribution is 2.30. The number of hydrogen-bond donors (Lipinski definition) is 1. The van der Waals surface area contributed by atoms with Crippen LogP contribution in [0.2, 0.25) is 0 Å². The van der Waals surface area contributed by atoms with Crippen molar-refractivity contribution in [1.82, 2.24) is 5.32 Å². The van der Waals surface area contributed by atoms with E-state index >= 15 is 0 Å². The SMILES string of the molecule is N#Cc1ccc(N2CCC(NC(=O)c3occc3CN3C(=O)Cc4ccccc43)CC2)cc1. The number of piperidine rings is 1. The summed E-state index contributed by atoms with van der Waals surface area (Å²) in [4.78, 5) is 29.5. The first-order chi connectivity index (χ1) is 16.1. The highest BCUT2D eigenvalue weighted by atomic mass is 16.3. The maximum atomic E-state index is 13.0. The number of hydrogen-bond acceptors (Lipinski definition) is 5. The molecule has 0 unspecified atom stereocenters. The molecule has 1 fully saturated rings. The van der Waals surface area contributed by atoms with Crippen LogP contribution in [0.5, 0.6) is 0 Å². The van der Waals surface area contributed by atoms with Gasteiger partial charge in [0.25, 0.3) is 5.91 Å². The van der Waals surface area contributed by atoms with Gasteiger partial charge >= 0.3 is 0 Å². The molecule has 2 aromatic carbocycles. The molecule has 1 saturated heterocycles. The zero-order valence-corrected chi connectivity index (χ0v) is 18.2. The van der Waals surface area contributed by atoms with E-state index in [0.29, 0.717) is 24.1 Å². The van der Waals surface area contributed by atoms with Crippen LogP contribution in [0.25, 0.3) is 0 Å². The summed E-state index contributed by atoms with van der Waals surface area (Å²) in [6.07, 6.45) is 3.52. The number of furan rings is 1.